The minimum Gasteiger partial charge on any atom is -0.350 e. The quantitative estimate of drug-likeness (QED) is 0.784. The van der Waals surface area contributed by atoms with Crippen LogP contribution >= 0.6 is 11.6 Å². The molecule has 3 aromatic rings. The predicted molar refractivity (Wildman–Crippen MR) is 85.2 cm³/mol. The summed E-state index contributed by atoms with van der Waals surface area (Å²) in [6.45, 7) is 0.830. The van der Waals surface area contributed by atoms with Crippen LogP contribution in [0.1, 0.15) is 5.56 Å². The Labute approximate surface area is 128 Å². The van der Waals surface area contributed by atoms with E-state index in [0.717, 1.165) is 16.5 Å². The molecular weight excluding hydrogens is 284 g/mol. The molecule has 0 aliphatic carbocycles. The van der Waals surface area contributed by atoms with Crippen molar-refractivity contribution in [1.29, 1.82) is 0 Å². The molecule has 1 amide bonds. The van der Waals surface area contributed by atoms with Gasteiger partial charge in [0.15, 0.2) is 0 Å². The Kier molecular flexibility index (Phi) is 3.93. The molecule has 3 nitrogen and oxygen atoms in total. The standard InChI is InChI=1S/C17H15ClN2O/c18-15-7-5-13(6-8-15)11-19-17(21)12-20-10-9-14-3-1-2-4-16(14)20/h1-10H,11-12H2,(H,19,21). The zero-order valence-corrected chi connectivity index (χ0v) is 12.2. The van der Waals surface area contributed by atoms with Crippen LogP contribution in [0.2, 0.25) is 5.02 Å². The van der Waals surface area contributed by atoms with Crippen LogP contribution in [-0.2, 0) is 17.9 Å². The molecule has 21 heavy (non-hydrogen) atoms. The maximum Gasteiger partial charge on any atom is 0.240 e. The van der Waals surface area contributed by atoms with Gasteiger partial charge in [-0.3, -0.25) is 4.79 Å². The molecule has 0 saturated carbocycles. The fourth-order valence-electron chi connectivity index (χ4n) is 2.29. The van der Waals surface area contributed by atoms with E-state index in [1.165, 1.54) is 0 Å². The van der Waals surface area contributed by atoms with Crippen molar-refractivity contribution in [1.82, 2.24) is 9.88 Å². The number of aromatic nitrogens is 1. The third-order valence-electron chi connectivity index (χ3n) is 3.40. The van der Waals surface area contributed by atoms with Crippen molar-refractivity contribution in [2.45, 2.75) is 13.1 Å². The average Bonchev–Trinajstić information content (AvgIpc) is 2.90. The summed E-state index contributed by atoms with van der Waals surface area (Å²) in [6, 6.07) is 17.5. The van der Waals surface area contributed by atoms with Gasteiger partial charge in [0.1, 0.15) is 6.54 Å². The summed E-state index contributed by atoms with van der Waals surface area (Å²) in [4.78, 5) is 12.0. The summed E-state index contributed by atoms with van der Waals surface area (Å²) < 4.78 is 1.95. The topological polar surface area (TPSA) is 34.0 Å². The summed E-state index contributed by atoms with van der Waals surface area (Å²) in [5, 5.41) is 4.76. The second kappa shape index (κ2) is 6.02. The molecule has 4 heteroatoms. The fraction of sp³-hybridized carbons (Fsp3) is 0.118. The summed E-state index contributed by atoms with van der Waals surface area (Å²) in [5.74, 6) is -0.00805. The first-order valence-corrected chi connectivity index (χ1v) is 7.15. The van der Waals surface area contributed by atoms with E-state index in [2.05, 4.69) is 5.32 Å². The van der Waals surface area contributed by atoms with Crippen LogP contribution in [0.4, 0.5) is 0 Å². The smallest absolute Gasteiger partial charge is 0.240 e. The number of benzene rings is 2. The van der Waals surface area contributed by atoms with Gasteiger partial charge in [-0.2, -0.15) is 0 Å². The molecule has 0 radical (unpaired) electrons. The Hall–Kier alpha value is -2.26. The summed E-state index contributed by atoms with van der Waals surface area (Å²) in [6.07, 6.45) is 1.94. The first kappa shape index (κ1) is 13.7. The second-order valence-electron chi connectivity index (χ2n) is 4.91. The lowest BCUT2D eigenvalue weighted by Gasteiger charge is -2.07. The van der Waals surface area contributed by atoms with E-state index in [9.17, 15) is 4.79 Å². The highest BCUT2D eigenvalue weighted by molar-refractivity contribution is 6.30. The van der Waals surface area contributed by atoms with Gasteiger partial charge < -0.3 is 9.88 Å². The number of hydrogen-bond donors (Lipinski definition) is 1. The lowest BCUT2D eigenvalue weighted by Crippen LogP contribution is -2.26. The van der Waals surface area contributed by atoms with Gasteiger partial charge in [0.2, 0.25) is 5.91 Å². The Morgan fingerprint density at radius 1 is 1.05 bits per heavy atom. The van der Waals surface area contributed by atoms with Crippen LogP contribution < -0.4 is 5.32 Å². The molecule has 0 spiro atoms. The Morgan fingerprint density at radius 2 is 1.81 bits per heavy atom. The van der Waals surface area contributed by atoms with Gasteiger partial charge >= 0.3 is 0 Å². The van der Waals surface area contributed by atoms with Crippen LogP contribution in [0.15, 0.2) is 60.8 Å². The predicted octanol–water partition coefficient (Wildman–Crippen LogP) is 3.61. The SMILES string of the molecule is O=C(Cn1ccc2ccccc21)NCc1ccc(Cl)cc1. The number of fused-ring (bicyclic) bond motifs is 1. The van der Waals surface area contributed by atoms with Crippen LogP contribution in [0.3, 0.4) is 0 Å². The van der Waals surface area contributed by atoms with Gasteiger partial charge in [-0.25, -0.2) is 0 Å². The molecule has 0 aliphatic rings. The molecule has 1 aromatic heterocycles. The van der Waals surface area contributed by atoms with Gasteiger partial charge in [-0.1, -0.05) is 41.9 Å². The fourth-order valence-corrected chi connectivity index (χ4v) is 2.42. The van der Waals surface area contributed by atoms with E-state index < -0.39 is 0 Å². The maximum absolute atomic E-state index is 12.0. The highest BCUT2D eigenvalue weighted by atomic mass is 35.5. The number of hydrogen-bond acceptors (Lipinski definition) is 1. The highest BCUT2D eigenvalue weighted by Gasteiger charge is 2.05. The van der Waals surface area contributed by atoms with E-state index >= 15 is 0 Å². The summed E-state index contributed by atoms with van der Waals surface area (Å²) in [5.41, 5.74) is 2.10. The number of para-hydroxylation sites is 1. The first-order valence-electron chi connectivity index (χ1n) is 6.77. The highest BCUT2D eigenvalue weighted by Crippen LogP contribution is 2.14. The van der Waals surface area contributed by atoms with E-state index in [1.54, 1.807) is 0 Å². The lowest BCUT2D eigenvalue weighted by atomic mass is 10.2. The second-order valence-corrected chi connectivity index (χ2v) is 5.34. The molecule has 3 rings (SSSR count). The van der Waals surface area contributed by atoms with Crippen molar-refractivity contribution in [2.75, 3.05) is 0 Å². The van der Waals surface area contributed by atoms with Crippen LogP contribution in [0.5, 0.6) is 0 Å². The molecule has 1 N–H and O–H groups in total. The van der Waals surface area contributed by atoms with Crippen molar-refractivity contribution in [3.8, 4) is 0 Å². The molecule has 2 aromatic carbocycles. The first-order chi connectivity index (χ1) is 10.2. The number of rotatable bonds is 4. The number of carbonyl (C=O) groups excluding carboxylic acids is 1. The van der Waals surface area contributed by atoms with E-state index in [4.69, 9.17) is 11.6 Å². The van der Waals surface area contributed by atoms with Crippen molar-refractivity contribution < 1.29 is 4.79 Å². The Morgan fingerprint density at radius 3 is 2.62 bits per heavy atom. The van der Waals surface area contributed by atoms with Crippen LogP contribution in [0.25, 0.3) is 10.9 Å². The summed E-state index contributed by atoms with van der Waals surface area (Å²) >= 11 is 5.83. The number of nitrogens with one attached hydrogen (secondary N) is 1. The van der Waals surface area contributed by atoms with Crippen LogP contribution in [-0.4, -0.2) is 10.5 Å². The van der Waals surface area contributed by atoms with Crippen molar-refractivity contribution >= 4 is 28.4 Å². The monoisotopic (exact) mass is 298 g/mol. The van der Waals surface area contributed by atoms with Crippen molar-refractivity contribution in [3.05, 3.63) is 71.4 Å². The van der Waals surface area contributed by atoms with E-state index in [0.29, 0.717) is 18.1 Å². The Balaban J connectivity index is 1.62. The number of carbonyl (C=O) groups is 1. The molecule has 0 aliphatic heterocycles. The minimum atomic E-state index is -0.00805. The average molecular weight is 299 g/mol. The molecule has 0 saturated heterocycles. The lowest BCUT2D eigenvalue weighted by molar-refractivity contribution is -0.121. The number of halogens is 1. The van der Waals surface area contributed by atoms with E-state index in [-0.39, 0.29) is 5.91 Å². The summed E-state index contributed by atoms with van der Waals surface area (Å²) in [7, 11) is 0. The van der Waals surface area contributed by atoms with E-state index in [1.807, 2.05) is 65.4 Å². The zero-order chi connectivity index (χ0) is 14.7. The maximum atomic E-state index is 12.0. The largest absolute Gasteiger partial charge is 0.350 e. The molecule has 106 valence electrons. The van der Waals surface area contributed by atoms with Gasteiger partial charge in [0, 0.05) is 23.3 Å². The van der Waals surface area contributed by atoms with Gasteiger partial charge in [0.25, 0.3) is 0 Å². The van der Waals surface area contributed by atoms with Gasteiger partial charge in [0.05, 0.1) is 0 Å². The third-order valence-corrected chi connectivity index (χ3v) is 3.65. The van der Waals surface area contributed by atoms with Crippen molar-refractivity contribution in [3.63, 3.8) is 0 Å². The molecule has 0 unspecified atom stereocenters. The molecule has 1 heterocycles. The van der Waals surface area contributed by atoms with Gasteiger partial charge in [-0.05, 0) is 35.2 Å². The normalized spacial score (nSPS) is 10.7. The Bertz CT molecular complexity index is 762. The minimum absolute atomic E-state index is 0.00805. The zero-order valence-electron chi connectivity index (χ0n) is 11.4. The number of amides is 1. The van der Waals surface area contributed by atoms with Crippen LogP contribution in [0, 0.1) is 0 Å². The number of nitrogens with zero attached hydrogens (tertiary/aromatic N) is 1. The van der Waals surface area contributed by atoms with Gasteiger partial charge in [-0.15, -0.1) is 0 Å². The third kappa shape index (κ3) is 3.26. The molecule has 0 bridgehead atoms. The molecule has 0 fully saturated rings. The molecule has 0 atom stereocenters. The molecular formula is C17H15ClN2O. The van der Waals surface area contributed by atoms with Crippen molar-refractivity contribution in [2.24, 2.45) is 0 Å².